The average Bonchev–Trinajstić information content (AvgIpc) is 2.14. The van der Waals surface area contributed by atoms with Crippen LogP contribution in [0.5, 0.6) is 0 Å². The highest BCUT2D eigenvalue weighted by Crippen LogP contribution is 2.16. The highest BCUT2D eigenvalue weighted by molar-refractivity contribution is 9.13. The van der Waals surface area contributed by atoms with Crippen LogP contribution >= 0.6 is 31.9 Å². The van der Waals surface area contributed by atoms with Gasteiger partial charge in [0.15, 0.2) is 9.21 Å². The van der Waals surface area contributed by atoms with E-state index in [0.29, 0.717) is 15.8 Å². The first-order valence-electron chi connectivity index (χ1n) is 2.61. The van der Waals surface area contributed by atoms with Crippen LogP contribution in [-0.2, 0) is 6.54 Å². The predicted molar refractivity (Wildman–Crippen MR) is 45.6 cm³/mol. The maximum Gasteiger partial charge on any atom is 0.162 e. The van der Waals surface area contributed by atoms with Gasteiger partial charge in [-0.25, -0.2) is 0 Å². The van der Waals surface area contributed by atoms with Crippen molar-refractivity contribution in [2.24, 2.45) is 0 Å². The smallest absolute Gasteiger partial charge is 0.162 e. The Balaban J connectivity index is 2.86. The van der Waals surface area contributed by atoms with E-state index in [2.05, 4.69) is 48.6 Å². The molecular formula is C5H5Br2N3. The molecule has 0 spiro atoms. The molecule has 10 heavy (non-hydrogen) atoms. The van der Waals surface area contributed by atoms with Gasteiger partial charge in [0.2, 0.25) is 0 Å². The number of aromatic nitrogens is 3. The first-order valence-corrected chi connectivity index (χ1v) is 4.19. The normalized spacial score (nSPS) is 9.80. The Morgan fingerprint density at radius 2 is 1.90 bits per heavy atom. The fourth-order valence-electron chi connectivity index (χ4n) is 0.505. The average molecular weight is 267 g/mol. The van der Waals surface area contributed by atoms with E-state index in [0.717, 1.165) is 0 Å². The van der Waals surface area contributed by atoms with Crippen molar-refractivity contribution in [2.45, 2.75) is 6.54 Å². The van der Waals surface area contributed by atoms with Crippen LogP contribution in [0, 0.1) is 0 Å². The van der Waals surface area contributed by atoms with E-state index < -0.39 is 0 Å². The second-order valence-corrected chi connectivity index (χ2v) is 3.13. The van der Waals surface area contributed by atoms with Gasteiger partial charge >= 0.3 is 0 Å². The van der Waals surface area contributed by atoms with Crippen LogP contribution in [0.15, 0.2) is 21.9 Å². The van der Waals surface area contributed by atoms with Gasteiger partial charge in [-0.15, -0.1) is 16.8 Å². The zero-order valence-electron chi connectivity index (χ0n) is 5.09. The van der Waals surface area contributed by atoms with Crippen molar-refractivity contribution in [2.75, 3.05) is 0 Å². The predicted octanol–water partition coefficient (Wildman–Crippen LogP) is 1.99. The van der Waals surface area contributed by atoms with E-state index in [1.54, 1.807) is 10.9 Å². The van der Waals surface area contributed by atoms with Crippen molar-refractivity contribution < 1.29 is 0 Å². The van der Waals surface area contributed by atoms with Crippen LogP contribution in [0.3, 0.4) is 0 Å². The highest BCUT2D eigenvalue weighted by atomic mass is 79.9. The third kappa shape index (κ3) is 1.67. The fourth-order valence-corrected chi connectivity index (χ4v) is 1.03. The maximum atomic E-state index is 4.00. The Kier molecular flexibility index (Phi) is 2.62. The number of nitrogens with zero attached hydrogens (tertiary/aromatic N) is 3. The summed E-state index contributed by atoms with van der Waals surface area (Å²) < 4.78 is 1.43. The lowest BCUT2D eigenvalue weighted by atomic mass is 10.7. The standard InChI is InChI=1S/C5H5Br2N3/c1-2-3-10-8-4(6)5(7)9-10/h2H,1,3H2. The fraction of sp³-hybridized carbons (Fsp3) is 0.200. The number of hydrogen-bond acceptors (Lipinski definition) is 2. The molecule has 0 bridgehead atoms. The first-order chi connectivity index (χ1) is 4.74. The van der Waals surface area contributed by atoms with Crippen molar-refractivity contribution in [3.63, 3.8) is 0 Å². The zero-order valence-corrected chi connectivity index (χ0v) is 8.26. The second kappa shape index (κ2) is 3.30. The molecule has 1 rings (SSSR count). The number of allylic oxidation sites excluding steroid dienone is 1. The molecule has 0 amide bonds. The van der Waals surface area contributed by atoms with Crippen LogP contribution in [0.2, 0.25) is 0 Å². The van der Waals surface area contributed by atoms with E-state index in [1.807, 2.05) is 0 Å². The number of halogens is 2. The lowest BCUT2D eigenvalue weighted by molar-refractivity contribution is 0.597. The SMILES string of the molecule is C=CCn1nc(Br)c(Br)n1. The number of hydrogen-bond donors (Lipinski definition) is 0. The Morgan fingerprint density at radius 3 is 2.30 bits per heavy atom. The van der Waals surface area contributed by atoms with Gasteiger partial charge in [-0.05, 0) is 31.9 Å². The van der Waals surface area contributed by atoms with E-state index in [9.17, 15) is 0 Å². The molecule has 0 aromatic carbocycles. The van der Waals surface area contributed by atoms with Crippen LogP contribution < -0.4 is 0 Å². The Morgan fingerprint density at radius 1 is 1.40 bits per heavy atom. The van der Waals surface area contributed by atoms with E-state index in [-0.39, 0.29) is 0 Å². The van der Waals surface area contributed by atoms with Crippen molar-refractivity contribution in [3.05, 3.63) is 21.9 Å². The van der Waals surface area contributed by atoms with Gasteiger partial charge in [0.05, 0.1) is 6.54 Å². The van der Waals surface area contributed by atoms with Gasteiger partial charge < -0.3 is 0 Å². The molecule has 3 nitrogen and oxygen atoms in total. The van der Waals surface area contributed by atoms with Crippen molar-refractivity contribution >= 4 is 31.9 Å². The zero-order chi connectivity index (χ0) is 7.56. The third-order valence-electron chi connectivity index (χ3n) is 0.869. The summed E-state index contributed by atoms with van der Waals surface area (Å²) in [5.74, 6) is 0. The maximum absolute atomic E-state index is 4.00. The molecule has 0 unspecified atom stereocenters. The summed E-state index contributed by atoms with van der Waals surface area (Å²) in [7, 11) is 0. The molecule has 1 heterocycles. The Bertz CT molecular complexity index is 224. The van der Waals surface area contributed by atoms with E-state index in [1.165, 1.54) is 0 Å². The van der Waals surface area contributed by atoms with Gasteiger partial charge in [0, 0.05) is 0 Å². The molecule has 0 fully saturated rings. The molecule has 1 aromatic heterocycles. The minimum Gasteiger partial charge on any atom is -0.179 e. The Hall–Kier alpha value is -0.160. The topological polar surface area (TPSA) is 30.7 Å². The lowest BCUT2D eigenvalue weighted by Gasteiger charge is -1.87. The minimum atomic E-state index is 0.629. The molecule has 0 saturated carbocycles. The molecule has 0 aliphatic rings. The summed E-state index contributed by atoms with van der Waals surface area (Å²) in [6, 6.07) is 0. The first kappa shape index (κ1) is 7.94. The van der Waals surface area contributed by atoms with Crippen molar-refractivity contribution in [1.82, 2.24) is 15.0 Å². The molecule has 1 aromatic rings. The summed E-state index contributed by atoms with van der Waals surface area (Å²) in [5, 5.41) is 8.01. The monoisotopic (exact) mass is 265 g/mol. The van der Waals surface area contributed by atoms with Crippen LogP contribution in [0.25, 0.3) is 0 Å². The van der Waals surface area contributed by atoms with Gasteiger partial charge in [-0.3, -0.25) is 0 Å². The third-order valence-corrected chi connectivity index (χ3v) is 2.47. The van der Waals surface area contributed by atoms with Crippen LogP contribution in [0.1, 0.15) is 0 Å². The second-order valence-electron chi connectivity index (χ2n) is 1.63. The van der Waals surface area contributed by atoms with Gasteiger partial charge in [0.1, 0.15) is 0 Å². The van der Waals surface area contributed by atoms with Gasteiger partial charge in [0.25, 0.3) is 0 Å². The van der Waals surface area contributed by atoms with E-state index in [4.69, 9.17) is 0 Å². The van der Waals surface area contributed by atoms with Crippen molar-refractivity contribution in [3.8, 4) is 0 Å². The molecule has 0 aliphatic heterocycles. The molecule has 5 heteroatoms. The summed E-state index contributed by atoms with van der Waals surface area (Å²) >= 11 is 6.42. The molecular weight excluding hydrogens is 262 g/mol. The molecule has 0 atom stereocenters. The molecule has 0 radical (unpaired) electrons. The van der Waals surface area contributed by atoms with Gasteiger partial charge in [-0.2, -0.15) is 4.80 Å². The largest absolute Gasteiger partial charge is 0.179 e. The highest BCUT2D eigenvalue weighted by Gasteiger charge is 2.01. The quantitative estimate of drug-likeness (QED) is 0.767. The Labute approximate surface area is 75.4 Å². The van der Waals surface area contributed by atoms with Crippen LogP contribution in [0.4, 0.5) is 0 Å². The minimum absolute atomic E-state index is 0.629. The summed E-state index contributed by atoms with van der Waals surface area (Å²) in [4.78, 5) is 1.54. The summed E-state index contributed by atoms with van der Waals surface area (Å²) in [5.41, 5.74) is 0. The van der Waals surface area contributed by atoms with Gasteiger partial charge in [-0.1, -0.05) is 6.08 Å². The van der Waals surface area contributed by atoms with E-state index >= 15 is 0 Å². The molecule has 0 saturated heterocycles. The summed E-state index contributed by atoms with van der Waals surface area (Å²) in [6.07, 6.45) is 1.74. The molecule has 54 valence electrons. The molecule has 0 aliphatic carbocycles. The summed E-state index contributed by atoms with van der Waals surface area (Å²) in [6.45, 7) is 4.19. The van der Waals surface area contributed by atoms with Crippen molar-refractivity contribution in [1.29, 1.82) is 0 Å². The number of rotatable bonds is 2. The lowest BCUT2D eigenvalue weighted by Crippen LogP contribution is -1.98. The van der Waals surface area contributed by atoms with Crippen LogP contribution in [-0.4, -0.2) is 15.0 Å². The molecule has 0 N–H and O–H groups in total.